The second-order valence-electron chi connectivity index (χ2n) is 3.72. The van der Waals surface area contributed by atoms with Gasteiger partial charge in [0.25, 0.3) is 0 Å². The maximum absolute atomic E-state index is 11.0. The van der Waals surface area contributed by atoms with Crippen molar-refractivity contribution in [2.75, 3.05) is 26.9 Å². The molecule has 1 atom stereocenters. The number of morpholine rings is 1. The first kappa shape index (κ1) is 11.3. The van der Waals surface area contributed by atoms with Crippen LogP contribution in [0.25, 0.3) is 0 Å². The third kappa shape index (κ3) is 1.87. The average molecular weight is 221 g/mol. The van der Waals surface area contributed by atoms with Gasteiger partial charge in [0, 0.05) is 24.8 Å². The Bertz CT molecular complexity index is 372. The molecule has 86 valence electrons. The fraction of sp³-hybridized carbons (Fsp3) is 0.417. The SMILES string of the molecule is CO[C@]1(c2ccccc2C=O)COCCN1. The van der Waals surface area contributed by atoms with E-state index >= 15 is 0 Å². The number of hydrogen-bond donors (Lipinski definition) is 1. The molecule has 0 saturated carbocycles. The van der Waals surface area contributed by atoms with Crippen LogP contribution in [0.3, 0.4) is 0 Å². The lowest BCUT2D eigenvalue weighted by molar-refractivity contribution is -0.130. The Morgan fingerprint density at radius 1 is 1.50 bits per heavy atom. The van der Waals surface area contributed by atoms with Crippen molar-refractivity contribution in [3.05, 3.63) is 35.4 Å². The van der Waals surface area contributed by atoms with Crippen molar-refractivity contribution in [3.63, 3.8) is 0 Å². The molecule has 0 aliphatic carbocycles. The molecule has 0 radical (unpaired) electrons. The van der Waals surface area contributed by atoms with Gasteiger partial charge in [-0.25, -0.2) is 0 Å². The van der Waals surface area contributed by atoms with Crippen molar-refractivity contribution in [1.82, 2.24) is 5.32 Å². The van der Waals surface area contributed by atoms with Crippen LogP contribution in [0.4, 0.5) is 0 Å². The molecule has 0 aromatic heterocycles. The van der Waals surface area contributed by atoms with Gasteiger partial charge in [-0.05, 0) is 0 Å². The van der Waals surface area contributed by atoms with E-state index in [2.05, 4.69) is 5.32 Å². The van der Waals surface area contributed by atoms with E-state index in [4.69, 9.17) is 9.47 Å². The second kappa shape index (κ2) is 4.74. The maximum atomic E-state index is 11.0. The van der Waals surface area contributed by atoms with Crippen LogP contribution in [-0.2, 0) is 15.2 Å². The lowest BCUT2D eigenvalue weighted by Gasteiger charge is -2.37. The van der Waals surface area contributed by atoms with Gasteiger partial charge in [-0.2, -0.15) is 0 Å². The molecule has 1 aromatic rings. The van der Waals surface area contributed by atoms with E-state index in [0.29, 0.717) is 25.3 Å². The van der Waals surface area contributed by atoms with Crippen LogP contribution in [0.1, 0.15) is 15.9 Å². The first-order chi connectivity index (χ1) is 7.82. The molecule has 4 nitrogen and oxygen atoms in total. The number of methoxy groups -OCH3 is 1. The Hall–Kier alpha value is -1.23. The highest BCUT2D eigenvalue weighted by molar-refractivity contribution is 5.77. The molecule has 1 aliphatic heterocycles. The van der Waals surface area contributed by atoms with Crippen molar-refractivity contribution >= 4 is 6.29 Å². The van der Waals surface area contributed by atoms with Crippen LogP contribution in [0.5, 0.6) is 0 Å². The van der Waals surface area contributed by atoms with E-state index in [-0.39, 0.29) is 0 Å². The Labute approximate surface area is 94.6 Å². The summed E-state index contributed by atoms with van der Waals surface area (Å²) in [5.41, 5.74) is 0.755. The van der Waals surface area contributed by atoms with Crippen molar-refractivity contribution in [2.45, 2.75) is 5.72 Å². The van der Waals surface area contributed by atoms with E-state index in [9.17, 15) is 4.79 Å². The second-order valence-corrected chi connectivity index (χ2v) is 3.72. The normalized spacial score (nSPS) is 25.3. The molecule has 1 N–H and O–H groups in total. The van der Waals surface area contributed by atoms with Gasteiger partial charge in [-0.15, -0.1) is 0 Å². The van der Waals surface area contributed by atoms with Crippen LogP contribution in [0.2, 0.25) is 0 Å². The van der Waals surface area contributed by atoms with Crippen molar-refractivity contribution in [1.29, 1.82) is 0 Å². The molecule has 1 saturated heterocycles. The number of nitrogens with one attached hydrogen (secondary N) is 1. The molecule has 4 heteroatoms. The molecule has 0 unspecified atom stereocenters. The zero-order valence-electron chi connectivity index (χ0n) is 9.23. The van der Waals surface area contributed by atoms with E-state index in [1.165, 1.54) is 0 Å². The number of hydrogen-bond acceptors (Lipinski definition) is 4. The number of rotatable bonds is 3. The molecule has 0 spiro atoms. The summed E-state index contributed by atoms with van der Waals surface area (Å²) in [5.74, 6) is 0. The van der Waals surface area contributed by atoms with Crippen LogP contribution in [-0.4, -0.2) is 33.2 Å². The first-order valence-corrected chi connectivity index (χ1v) is 5.25. The fourth-order valence-corrected chi connectivity index (χ4v) is 1.97. The standard InChI is InChI=1S/C12H15NO3/c1-15-12(9-16-7-6-13-12)11-5-3-2-4-10(11)8-14/h2-5,8,13H,6-7,9H2,1H3/t12-/m0/s1. The summed E-state index contributed by atoms with van der Waals surface area (Å²) < 4.78 is 10.9. The van der Waals surface area contributed by atoms with Gasteiger partial charge in [-0.3, -0.25) is 10.1 Å². The highest BCUT2D eigenvalue weighted by Crippen LogP contribution is 2.26. The lowest BCUT2D eigenvalue weighted by atomic mass is 9.97. The van der Waals surface area contributed by atoms with Gasteiger partial charge in [-0.1, -0.05) is 24.3 Å². The van der Waals surface area contributed by atoms with Gasteiger partial charge < -0.3 is 9.47 Å². The predicted octanol–water partition coefficient (Wildman–Crippen LogP) is 0.918. The Balaban J connectivity index is 2.42. The van der Waals surface area contributed by atoms with Crippen molar-refractivity contribution in [3.8, 4) is 0 Å². The summed E-state index contributed by atoms with van der Waals surface area (Å²) in [7, 11) is 1.61. The van der Waals surface area contributed by atoms with Gasteiger partial charge in [0.15, 0.2) is 5.72 Å². The van der Waals surface area contributed by atoms with E-state index in [0.717, 1.165) is 11.8 Å². The number of ether oxygens (including phenoxy) is 2. The smallest absolute Gasteiger partial charge is 0.169 e. The number of carbonyl (C=O) groups excluding carboxylic acids is 1. The lowest BCUT2D eigenvalue weighted by Crippen LogP contribution is -2.53. The number of benzene rings is 1. The van der Waals surface area contributed by atoms with Crippen LogP contribution in [0.15, 0.2) is 24.3 Å². The molecule has 2 rings (SSSR count). The minimum absolute atomic E-state index is 0.411. The maximum Gasteiger partial charge on any atom is 0.169 e. The zero-order valence-corrected chi connectivity index (χ0v) is 9.23. The van der Waals surface area contributed by atoms with Gasteiger partial charge in [0.05, 0.1) is 13.2 Å². The van der Waals surface area contributed by atoms with Crippen LogP contribution in [0, 0.1) is 0 Å². The number of aldehydes is 1. The third-order valence-electron chi connectivity index (χ3n) is 2.83. The summed E-state index contributed by atoms with van der Waals surface area (Å²) in [6.07, 6.45) is 0.840. The Morgan fingerprint density at radius 3 is 2.94 bits per heavy atom. The van der Waals surface area contributed by atoms with E-state index < -0.39 is 5.72 Å². The molecule has 1 aromatic carbocycles. The molecular formula is C12H15NO3. The van der Waals surface area contributed by atoms with Crippen molar-refractivity contribution in [2.24, 2.45) is 0 Å². The van der Waals surface area contributed by atoms with Crippen molar-refractivity contribution < 1.29 is 14.3 Å². The average Bonchev–Trinajstić information content (AvgIpc) is 2.39. The third-order valence-corrected chi connectivity index (χ3v) is 2.83. The highest BCUT2D eigenvalue weighted by Gasteiger charge is 2.36. The molecule has 1 heterocycles. The number of carbonyl (C=O) groups is 1. The Morgan fingerprint density at radius 2 is 2.31 bits per heavy atom. The largest absolute Gasteiger partial charge is 0.375 e. The summed E-state index contributed by atoms with van der Waals surface area (Å²) in [6.45, 7) is 1.78. The van der Waals surface area contributed by atoms with Gasteiger partial charge in [0.2, 0.25) is 0 Å². The Kier molecular flexibility index (Phi) is 3.33. The molecule has 0 bridgehead atoms. The molecule has 16 heavy (non-hydrogen) atoms. The highest BCUT2D eigenvalue weighted by atomic mass is 16.6. The minimum atomic E-state index is -0.699. The minimum Gasteiger partial charge on any atom is -0.375 e. The van der Waals surface area contributed by atoms with Crippen LogP contribution >= 0.6 is 0 Å². The van der Waals surface area contributed by atoms with Gasteiger partial charge >= 0.3 is 0 Å². The molecule has 1 fully saturated rings. The summed E-state index contributed by atoms with van der Waals surface area (Å²) in [6, 6.07) is 7.38. The van der Waals surface area contributed by atoms with E-state index in [1.54, 1.807) is 13.2 Å². The zero-order chi connectivity index (χ0) is 11.4. The summed E-state index contributed by atoms with van der Waals surface area (Å²) in [5, 5.41) is 3.27. The van der Waals surface area contributed by atoms with E-state index in [1.807, 2.05) is 18.2 Å². The summed E-state index contributed by atoms with van der Waals surface area (Å²) >= 11 is 0. The quantitative estimate of drug-likeness (QED) is 0.771. The molecule has 1 aliphatic rings. The van der Waals surface area contributed by atoms with Crippen LogP contribution < -0.4 is 5.32 Å². The predicted molar refractivity (Wildman–Crippen MR) is 59.3 cm³/mol. The summed E-state index contributed by atoms with van der Waals surface area (Å²) in [4.78, 5) is 11.0. The first-order valence-electron chi connectivity index (χ1n) is 5.25. The topological polar surface area (TPSA) is 47.6 Å². The monoisotopic (exact) mass is 221 g/mol. The molecule has 0 amide bonds. The molecular weight excluding hydrogens is 206 g/mol. The van der Waals surface area contributed by atoms with Gasteiger partial charge in [0.1, 0.15) is 6.29 Å². The fourth-order valence-electron chi connectivity index (χ4n) is 1.97.